The summed E-state index contributed by atoms with van der Waals surface area (Å²) in [5, 5.41) is 0. The number of anilines is 1. The van der Waals surface area contributed by atoms with Gasteiger partial charge in [-0.1, -0.05) is 18.2 Å². The number of methoxy groups -OCH3 is 1. The van der Waals surface area contributed by atoms with Crippen molar-refractivity contribution < 1.29 is 9.53 Å². The summed E-state index contributed by atoms with van der Waals surface area (Å²) in [6, 6.07) is 13.2. The van der Waals surface area contributed by atoms with Crippen LogP contribution in [0.1, 0.15) is 15.9 Å². The van der Waals surface area contributed by atoms with Gasteiger partial charge in [0, 0.05) is 17.2 Å². The van der Waals surface area contributed by atoms with E-state index in [0.29, 0.717) is 11.3 Å². The van der Waals surface area contributed by atoms with Gasteiger partial charge in [0.1, 0.15) is 5.75 Å². The number of amides is 1. The van der Waals surface area contributed by atoms with E-state index in [1.165, 1.54) is 0 Å². The minimum absolute atomic E-state index is 0.0786. The van der Waals surface area contributed by atoms with Crippen LogP contribution in [0.2, 0.25) is 0 Å². The molecule has 3 nitrogen and oxygen atoms in total. The van der Waals surface area contributed by atoms with E-state index in [1.807, 2.05) is 43.3 Å². The van der Waals surface area contributed by atoms with Crippen molar-refractivity contribution in [1.82, 2.24) is 0 Å². The topological polar surface area (TPSA) is 29.5 Å². The lowest BCUT2D eigenvalue weighted by Crippen LogP contribution is -2.27. The number of carbonyl (C=O) groups excluding carboxylic acids is 1. The largest absolute Gasteiger partial charge is 0.497 e. The molecule has 104 valence electrons. The molecule has 0 aliphatic carbocycles. The standard InChI is InChI=1S/C16H16BrNO2/c1-11-6-4-5-7-15(11)18(2)16(19)13-10-12(20-3)8-9-14(13)17/h4-10H,1-3H3. The fourth-order valence-corrected chi connectivity index (χ4v) is 2.44. The maximum Gasteiger partial charge on any atom is 0.259 e. The number of para-hydroxylation sites is 1. The highest BCUT2D eigenvalue weighted by Crippen LogP contribution is 2.26. The Balaban J connectivity index is 2.39. The van der Waals surface area contributed by atoms with Crippen LogP contribution in [-0.4, -0.2) is 20.1 Å². The van der Waals surface area contributed by atoms with Crippen molar-refractivity contribution >= 4 is 27.5 Å². The van der Waals surface area contributed by atoms with Crippen molar-refractivity contribution in [2.45, 2.75) is 6.92 Å². The van der Waals surface area contributed by atoms with Gasteiger partial charge in [0.25, 0.3) is 5.91 Å². The third-order valence-corrected chi connectivity index (χ3v) is 3.88. The van der Waals surface area contributed by atoms with E-state index >= 15 is 0 Å². The maximum absolute atomic E-state index is 12.6. The summed E-state index contributed by atoms with van der Waals surface area (Å²) < 4.78 is 5.93. The number of aryl methyl sites for hydroxylation is 1. The number of carbonyl (C=O) groups is 1. The van der Waals surface area contributed by atoms with Crippen LogP contribution in [-0.2, 0) is 0 Å². The fraction of sp³-hybridized carbons (Fsp3) is 0.188. The fourth-order valence-electron chi connectivity index (χ4n) is 2.03. The molecule has 1 amide bonds. The van der Waals surface area contributed by atoms with E-state index < -0.39 is 0 Å². The zero-order valence-electron chi connectivity index (χ0n) is 11.7. The van der Waals surface area contributed by atoms with E-state index in [2.05, 4.69) is 15.9 Å². The normalized spacial score (nSPS) is 10.2. The molecular weight excluding hydrogens is 318 g/mol. The molecule has 0 atom stereocenters. The van der Waals surface area contributed by atoms with E-state index in [4.69, 9.17) is 4.74 Å². The smallest absolute Gasteiger partial charge is 0.259 e. The van der Waals surface area contributed by atoms with Gasteiger partial charge in [0.05, 0.1) is 12.7 Å². The van der Waals surface area contributed by atoms with Gasteiger partial charge in [-0.05, 0) is 52.7 Å². The van der Waals surface area contributed by atoms with Gasteiger partial charge in [-0.3, -0.25) is 4.79 Å². The molecule has 0 saturated heterocycles. The minimum Gasteiger partial charge on any atom is -0.497 e. The first-order chi connectivity index (χ1) is 9.54. The Kier molecular flexibility index (Phi) is 4.45. The molecule has 4 heteroatoms. The average Bonchev–Trinajstić information content (AvgIpc) is 2.47. The molecule has 0 aromatic heterocycles. The van der Waals surface area contributed by atoms with Crippen molar-refractivity contribution in [3.05, 3.63) is 58.1 Å². The highest BCUT2D eigenvalue weighted by atomic mass is 79.9. The number of hydrogen-bond acceptors (Lipinski definition) is 2. The Morgan fingerprint density at radius 2 is 1.90 bits per heavy atom. The summed E-state index contributed by atoms with van der Waals surface area (Å²) >= 11 is 3.42. The lowest BCUT2D eigenvalue weighted by atomic mass is 10.1. The molecule has 20 heavy (non-hydrogen) atoms. The molecule has 0 N–H and O–H groups in total. The molecule has 0 saturated carbocycles. The van der Waals surface area contributed by atoms with Gasteiger partial charge in [0.2, 0.25) is 0 Å². The molecule has 2 rings (SSSR count). The number of nitrogens with zero attached hydrogens (tertiary/aromatic N) is 1. The zero-order valence-corrected chi connectivity index (χ0v) is 13.3. The minimum atomic E-state index is -0.0786. The Morgan fingerprint density at radius 1 is 1.20 bits per heavy atom. The SMILES string of the molecule is COc1ccc(Br)c(C(=O)N(C)c2ccccc2C)c1. The zero-order chi connectivity index (χ0) is 14.7. The van der Waals surface area contributed by atoms with Crippen molar-refractivity contribution in [2.24, 2.45) is 0 Å². The second-order valence-corrected chi connectivity index (χ2v) is 5.35. The summed E-state index contributed by atoms with van der Waals surface area (Å²) in [6.07, 6.45) is 0. The van der Waals surface area contributed by atoms with Crippen molar-refractivity contribution in [2.75, 3.05) is 19.1 Å². The van der Waals surface area contributed by atoms with Crippen LogP contribution >= 0.6 is 15.9 Å². The van der Waals surface area contributed by atoms with Gasteiger partial charge >= 0.3 is 0 Å². The van der Waals surface area contributed by atoms with Crippen LogP contribution in [0.3, 0.4) is 0 Å². The molecule has 0 aliphatic heterocycles. The predicted molar refractivity (Wildman–Crippen MR) is 84.6 cm³/mol. The number of benzene rings is 2. The average molecular weight is 334 g/mol. The van der Waals surface area contributed by atoms with Gasteiger partial charge in [0.15, 0.2) is 0 Å². The summed E-state index contributed by atoms with van der Waals surface area (Å²) in [5.41, 5.74) is 2.53. The molecular formula is C16H16BrNO2. The molecule has 2 aromatic rings. The highest BCUT2D eigenvalue weighted by molar-refractivity contribution is 9.10. The number of halogens is 1. The Morgan fingerprint density at radius 3 is 2.55 bits per heavy atom. The van der Waals surface area contributed by atoms with Crippen molar-refractivity contribution in [1.29, 1.82) is 0 Å². The second-order valence-electron chi connectivity index (χ2n) is 4.50. The first-order valence-electron chi connectivity index (χ1n) is 6.22. The summed E-state index contributed by atoms with van der Waals surface area (Å²) in [5.74, 6) is 0.583. The summed E-state index contributed by atoms with van der Waals surface area (Å²) in [4.78, 5) is 14.3. The van der Waals surface area contributed by atoms with Crippen molar-refractivity contribution in [3.8, 4) is 5.75 Å². The molecule has 0 fully saturated rings. The Bertz CT molecular complexity index is 640. The molecule has 2 aromatic carbocycles. The second kappa shape index (κ2) is 6.09. The van der Waals surface area contributed by atoms with Crippen LogP contribution in [0.25, 0.3) is 0 Å². The monoisotopic (exact) mass is 333 g/mol. The molecule has 0 radical (unpaired) electrons. The van der Waals surface area contributed by atoms with E-state index in [1.54, 1.807) is 25.1 Å². The highest BCUT2D eigenvalue weighted by Gasteiger charge is 2.18. The Labute approximate surface area is 127 Å². The summed E-state index contributed by atoms with van der Waals surface area (Å²) in [7, 11) is 3.36. The molecule has 0 aliphatic rings. The lowest BCUT2D eigenvalue weighted by Gasteiger charge is -2.20. The van der Waals surface area contributed by atoms with Gasteiger partial charge in [-0.25, -0.2) is 0 Å². The van der Waals surface area contributed by atoms with Crippen LogP contribution < -0.4 is 9.64 Å². The lowest BCUT2D eigenvalue weighted by molar-refractivity contribution is 0.0992. The van der Waals surface area contributed by atoms with Crippen LogP contribution in [0.15, 0.2) is 46.9 Å². The van der Waals surface area contributed by atoms with Crippen LogP contribution in [0.4, 0.5) is 5.69 Å². The van der Waals surface area contributed by atoms with Crippen LogP contribution in [0, 0.1) is 6.92 Å². The molecule has 0 spiro atoms. The molecule has 0 bridgehead atoms. The van der Waals surface area contributed by atoms with E-state index in [-0.39, 0.29) is 5.91 Å². The third kappa shape index (κ3) is 2.85. The first-order valence-corrected chi connectivity index (χ1v) is 7.01. The van der Waals surface area contributed by atoms with Crippen molar-refractivity contribution in [3.63, 3.8) is 0 Å². The number of ether oxygens (including phenoxy) is 1. The van der Waals surface area contributed by atoms with E-state index in [0.717, 1.165) is 15.7 Å². The molecule has 0 unspecified atom stereocenters. The van der Waals surface area contributed by atoms with Gasteiger partial charge in [-0.15, -0.1) is 0 Å². The maximum atomic E-state index is 12.6. The molecule has 0 heterocycles. The van der Waals surface area contributed by atoms with Gasteiger partial charge in [-0.2, -0.15) is 0 Å². The van der Waals surface area contributed by atoms with Gasteiger partial charge < -0.3 is 9.64 Å². The predicted octanol–water partition coefficient (Wildman–Crippen LogP) is 4.04. The number of rotatable bonds is 3. The number of hydrogen-bond donors (Lipinski definition) is 0. The third-order valence-electron chi connectivity index (χ3n) is 3.19. The summed E-state index contributed by atoms with van der Waals surface area (Å²) in [6.45, 7) is 1.99. The Hall–Kier alpha value is -1.81. The van der Waals surface area contributed by atoms with E-state index in [9.17, 15) is 4.79 Å². The quantitative estimate of drug-likeness (QED) is 0.848. The first kappa shape index (κ1) is 14.6. The van der Waals surface area contributed by atoms with Crippen LogP contribution in [0.5, 0.6) is 5.75 Å².